The number of allylic oxidation sites excluding steroid dienone is 5. The highest BCUT2D eigenvalue weighted by Crippen LogP contribution is 2.35. The molecule has 2 aromatic carbocycles. The Morgan fingerprint density at radius 2 is 1.96 bits per heavy atom. The van der Waals surface area contributed by atoms with Crippen LogP contribution in [0.5, 0.6) is 0 Å². The molecule has 0 bridgehead atoms. The summed E-state index contributed by atoms with van der Waals surface area (Å²) in [5.41, 5.74) is 9.31. The van der Waals surface area contributed by atoms with Gasteiger partial charge in [-0.25, -0.2) is 9.37 Å². The lowest BCUT2D eigenvalue weighted by Crippen LogP contribution is -2.20. The van der Waals surface area contributed by atoms with Gasteiger partial charge in [0, 0.05) is 46.8 Å². The molecule has 46 heavy (non-hydrogen) atoms. The quantitative estimate of drug-likeness (QED) is 0.116. The SMILES string of the molecule is C=C/C(=C\C(=C/C)c1cnc2n[nH]c(-c3cc4c(-c5cc(F)cc(NCCN(C)C)c5)cccc4[nH]3)c2c1)CCCN1CCCC1. The number of rotatable bonds is 13. The maximum atomic E-state index is 14.8. The summed E-state index contributed by atoms with van der Waals surface area (Å²) in [6, 6.07) is 15.5. The van der Waals surface area contributed by atoms with Crippen LogP contribution in [0.1, 0.15) is 38.2 Å². The number of fused-ring (bicyclic) bond motifs is 2. The fourth-order valence-corrected chi connectivity index (χ4v) is 6.35. The number of H-pyrrole nitrogens is 2. The van der Waals surface area contributed by atoms with E-state index in [1.54, 1.807) is 12.1 Å². The Morgan fingerprint density at radius 1 is 1.11 bits per heavy atom. The second-order valence-corrected chi connectivity index (χ2v) is 12.4. The number of hydrogen-bond acceptors (Lipinski definition) is 5. The van der Waals surface area contributed by atoms with Crippen LogP contribution in [0.15, 0.2) is 85.1 Å². The molecular formula is C38H44FN7. The third-order valence-electron chi connectivity index (χ3n) is 8.83. The molecule has 0 spiro atoms. The summed E-state index contributed by atoms with van der Waals surface area (Å²) < 4.78 is 14.8. The largest absolute Gasteiger partial charge is 0.384 e. The van der Waals surface area contributed by atoms with Gasteiger partial charge in [0.15, 0.2) is 5.65 Å². The molecule has 0 amide bonds. The molecule has 5 aromatic rings. The van der Waals surface area contributed by atoms with Crippen molar-refractivity contribution in [1.82, 2.24) is 30.0 Å². The van der Waals surface area contributed by atoms with Crippen LogP contribution in [0.25, 0.3) is 50.0 Å². The van der Waals surface area contributed by atoms with E-state index in [4.69, 9.17) is 4.98 Å². The van der Waals surface area contributed by atoms with Crippen LogP contribution in [0.2, 0.25) is 0 Å². The van der Waals surface area contributed by atoms with E-state index < -0.39 is 0 Å². The van der Waals surface area contributed by atoms with Crippen molar-refractivity contribution in [3.05, 3.63) is 96.5 Å². The Hall–Kier alpha value is -4.53. The maximum Gasteiger partial charge on any atom is 0.181 e. The molecule has 7 nitrogen and oxygen atoms in total. The number of benzene rings is 2. The number of aromatic nitrogens is 4. The number of likely N-dealkylation sites (N-methyl/N-ethyl adjacent to an activating group) is 1. The molecule has 0 saturated carbocycles. The molecule has 0 atom stereocenters. The predicted octanol–water partition coefficient (Wildman–Crippen LogP) is 8.28. The van der Waals surface area contributed by atoms with E-state index in [0.29, 0.717) is 5.65 Å². The molecule has 1 fully saturated rings. The van der Waals surface area contributed by atoms with Crippen molar-refractivity contribution in [2.24, 2.45) is 0 Å². The molecule has 1 saturated heterocycles. The minimum absolute atomic E-state index is 0.268. The second-order valence-electron chi connectivity index (χ2n) is 12.4. The van der Waals surface area contributed by atoms with Crippen LogP contribution < -0.4 is 5.32 Å². The third kappa shape index (κ3) is 7.14. The van der Waals surface area contributed by atoms with E-state index in [2.05, 4.69) is 68.1 Å². The zero-order valence-electron chi connectivity index (χ0n) is 27.2. The van der Waals surface area contributed by atoms with Crippen LogP contribution in [-0.4, -0.2) is 76.8 Å². The predicted molar refractivity (Wildman–Crippen MR) is 190 cm³/mol. The standard InChI is InChI=1S/C38H44FN7/c1-5-26(11-10-17-46-15-7-8-16-46)19-27(6-2)29-22-34-37(43-44-38(34)41-25-29)36-24-33-32(12-9-13-35(33)42-36)28-20-30(39)23-31(21-28)40-14-18-45(3)4/h5-6,9,12-13,19-25,40,42H,1,7-8,10-11,14-18H2,2-4H3,(H,41,43,44)/b26-19+,27-6+. The molecule has 1 aliphatic heterocycles. The van der Waals surface area contributed by atoms with Crippen molar-refractivity contribution >= 4 is 33.2 Å². The van der Waals surface area contributed by atoms with Crippen molar-refractivity contribution < 1.29 is 4.39 Å². The fraction of sp³-hybridized carbons (Fsp3) is 0.316. The van der Waals surface area contributed by atoms with E-state index in [1.165, 1.54) is 31.5 Å². The Bertz CT molecular complexity index is 1890. The van der Waals surface area contributed by atoms with Crippen LogP contribution in [-0.2, 0) is 0 Å². The fourth-order valence-electron chi connectivity index (χ4n) is 6.35. The van der Waals surface area contributed by atoms with Crippen molar-refractivity contribution in [2.75, 3.05) is 52.1 Å². The summed E-state index contributed by atoms with van der Waals surface area (Å²) in [7, 11) is 4.05. The molecule has 6 rings (SSSR count). The van der Waals surface area contributed by atoms with Crippen LogP contribution in [0, 0.1) is 5.82 Å². The first-order valence-corrected chi connectivity index (χ1v) is 16.3. The first-order valence-electron chi connectivity index (χ1n) is 16.3. The van der Waals surface area contributed by atoms with Crippen LogP contribution >= 0.6 is 0 Å². The summed E-state index contributed by atoms with van der Waals surface area (Å²) in [6.07, 6.45) is 13.0. The summed E-state index contributed by atoms with van der Waals surface area (Å²) in [5.74, 6) is -0.268. The van der Waals surface area contributed by atoms with Gasteiger partial charge < -0.3 is 20.1 Å². The number of aromatic amines is 2. The highest BCUT2D eigenvalue weighted by atomic mass is 19.1. The highest BCUT2D eigenvalue weighted by Gasteiger charge is 2.16. The Labute approximate surface area is 270 Å². The molecule has 1 aliphatic rings. The first-order chi connectivity index (χ1) is 22.4. The first kappa shape index (κ1) is 31.5. The second kappa shape index (κ2) is 14.3. The van der Waals surface area contributed by atoms with Gasteiger partial charge >= 0.3 is 0 Å². The normalized spacial score (nSPS) is 14.6. The number of nitrogens with zero attached hydrogens (tertiary/aromatic N) is 4. The summed E-state index contributed by atoms with van der Waals surface area (Å²) in [6.45, 7) is 11.3. The molecule has 0 aliphatic carbocycles. The molecule has 4 heterocycles. The molecule has 3 N–H and O–H groups in total. The summed E-state index contributed by atoms with van der Waals surface area (Å²) >= 11 is 0. The van der Waals surface area contributed by atoms with Gasteiger partial charge in [-0.05, 0) is 125 Å². The lowest BCUT2D eigenvalue weighted by atomic mass is 10.00. The van der Waals surface area contributed by atoms with Gasteiger partial charge in [0.1, 0.15) is 5.82 Å². The van der Waals surface area contributed by atoms with Crippen molar-refractivity contribution in [1.29, 1.82) is 0 Å². The minimum Gasteiger partial charge on any atom is -0.384 e. The highest BCUT2D eigenvalue weighted by molar-refractivity contribution is 6.01. The van der Waals surface area contributed by atoms with Gasteiger partial charge in [0.05, 0.1) is 11.4 Å². The lowest BCUT2D eigenvalue weighted by molar-refractivity contribution is 0.334. The molecule has 238 valence electrons. The van der Waals surface area contributed by atoms with Gasteiger partial charge in [0.25, 0.3) is 0 Å². The van der Waals surface area contributed by atoms with Gasteiger partial charge in [-0.1, -0.05) is 36.9 Å². The van der Waals surface area contributed by atoms with Crippen molar-refractivity contribution in [3.63, 3.8) is 0 Å². The Balaban J connectivity index is 1.28. The van der Waals surface area contributed by atoms with Crippen molar-refractivity contribution in [2.45, 2.75) is 32.6 Å². The minimum atomic E-state index is -0.268. The molecule has 8 heteroatoms. The average Bonchev–Trinajstić information content (AvgIpc) is 3.81. The molecule has 0 radical (unpaired) electrons. The molecule has 0 unspecified atom stereocenters. The number of hydrogen-bond donors (Lipinski definition) is 3. The smallest absolute Gasteiger partial charge is 0.181 e. The van der Waals surface area contributed by atoms with Crippen LogP contribution in [0.3, 0.4) is 0 Å². The lowest BCUT2D eigenvalue weighted by Gasteiger charge is -2.14. The van der Waals surface area contributed by atoms with Crippen molar-refractivity contribution in [3.8, 4) is 22.5 Å². The summed E-state index contributed by atoms with van der Waals surface area (Å²) in [4.78, 5) is 12.9. The third-order valence-corrected chi connectivity index (χ3v) is 8.83. The van der Waals surface area contributed by atoms with E-state index in [-0.39, 0.29) is 5.82 Å². The van der Waals surface area contributed by atoms with E-state index in [1.807, 2.05) is 50.6 Å². The number of nitrogens with one attached hydrogen (secondary N) is 3. The van der Waals surface area contributed by atoms with Gasteiger partial charge in [-0.15, -0.1) is 0 Å². The topological polar surface area (TPSA) is 75.9 Å². The number of anilines is 1. The zero-order chi connectivity index (χ0) is 32.0. The monoisotopic (exact) mass is 617 g/mol. The number of pyridine rings is 1. The van der Waals surface area contributed by atoms with E-state index in [0.717, 1.165) is 88.1 Å². The summed E-state index contributed by atoms with van der Waals surface area (Å²) in [5, 5.41) is 13.0. The maximum absolute atomic E-state index is 14.8. The number of likely N-dealkylation sites (tertiary alicyclic amines) is 1. The van der Waals surface area contributed by atoms with Gasteiger partial charge in [0.2, 0.25) is 0 Å². The van der Waals surface area contributed by atoms with Crippen LogP contribution in [0.4, 0.5) is 10.1 Å². The number of halogens is 1. The van der Waals surface area contributed by atoms with E-state index in [9.17, 15) is 4.39 Å². The molecule has 3 aromatic heterocycles. The molecular weight excluding hydrogens is 573 g/mol. The zero-order valence-corrected chi connectivity index (χ0v) is 27.2. The van der Waals surface area contributed by atoms with Gasteiger partial charge in [-0.2, -0.15) is 5.10 Å². The Morgan fingerprint density at radius 3 is 2.74 bits per heavy atom. The van der Waals surface area contributed by atoms with Gasteiger partial charge in [-0.3, -0.25) is 5.10 Å². The Kier molecular flexibility index (Phi) is 9.76. The average molecular weight is 618 g/mol. The van der Waals surface area contributed by atoms with E-state index >= 15 is 0 Å².